The summed E-state index contributed by atoms with van der Waals surface area (Å²) < 4.78 is 13.6. The predicted octanol–water partition coefficient (Wildman–Crippen LogP) is 2.41. The van der Waals surface area contributed by atoms with E-state index in [1.165, 1.54) is 6.07 Å². The number of rotatable bonds is 6. The van der Waals surface area contributed by atoms with Crippen LogP contribution in [0.2, 0.25) is 0 Å². The third-order valence-corrected chi connectivity index (χ3v) is 5.47. The molecular formula is C20H29FN4O. The minimum absolute atomic E-state index is 0.0226. The number of nitrogens with zero attached hydrogens (tertiary/aromatic N) is 2. The zero-order valence-corrected chi connectivity index (χ0v) is 15.5. The highest BCUT2D eigenvalue weighted by molar-refractivity contribution is 5.80. The number of guanidine groups is 1. The molecule has 5 nitrogen and oxygen atoms in total. The average Bonchev–Trinajstić information content (AvgIpc) is 3.39. The number of primary amides is 1. The first kappa shape index (κ1) is 18.7. The monoisotopic (exact) mass is 360 g/mol. The normalized spacial score (nSPS) is 22.2. The summed E-state index contributed by atoms with van der Waals surface area (Å²) in [6.45, 7) is 5.26. The second-order valence-corrected chi connectivity index (χ2v) is 7.59. The van der Waals surface area contributed by atoms with Gasteiger partial charge in [0.2, 0.25) is 5.91 Å². The lowest BCUT2D eigenvalue weighted by molar-refractivity contribution is -0.119. The van der Waals surface area contributed by atoms with Crippen molar-refractivity contribution in [2.24, 2.45) is 16.6 Å². The highest BCUT2D eigenvalue weighted by Gasteiger charge is 2.44. The van der Waals surface area contributed by atoms with Gasteiger partial charge in [-0.3, -0.25) is 9.79 Å². The number of piperidine rings is 1. The second kappa shape index (κ2) is 8.06. The summed E-state index contributed by atoms with van der Waals surface area (Å²) in [5.74, 6) is 0.768. The number of likely N-dealkylation sites (tertiary alicyclic amines) is 1. The van der Waals surface area contributed by atoms with E-state index in [2.05, 4.69) is 17.1 Å². The van der Waals surface area contributed by atoms with Crippen molar-refractivity contribution in [1.29, 1.82) is 0 Å². The molecule has 3 N–H and O–H groups in total. The quantitative estimate of drug-likeness (QED) is 0.605. The molecule has 0 bridgehead atoms. The average molecular weight is 360 g/mol. The molecule has 2 fully saturated rings. The molecular weight excluding hydrogens is 331 g/mol. The minimum atomic E-state index is -0.234. The summed E-state index contributed by atoms with van der Waals surface area (Å²) in [6.07, 6.45) is 4.60. The maximum atomic E-state index is 13.6. The molecule has 26 heavy (non-hydrogen) atoms. The van der Waals surface area contributed by atoms with E-state index in [0.29, 0.717) is 18.9 Å². The van der Waals surface area contributed by atoms with Gasteiger partial charge < -0.3 is 16.0 Å². The number of nitrogens with one attached hydrogen (secondary N) is 1. The van der Waals surface area contributed by atoms with Crippen LogP contribution in [-0.2, 0) is 10.2 Å². The van der Waals surface area contributed by atoms with Crippen molar-refractivity contribution in [1.82, 2.24) is 10.2 Å². The molecule has 1 aromatic rings. The van der Waals surface area contributed by atoms with Crippen molar-refractivity contribution < 1.29 is 9.18 Å². The van der Waals surface area contributed by atoms with Crippen molar-refractivity contribution in [2.45, 2.75) is 44.4 Å². The van der Waals surface area contributed by atoms with E-state index in [-0.39, 0.29) is 17.1 Å². The zero-order valence-electron chi connectivity index (χ0n) is 15.5. The summed E-state index contributed by atoms with van der Waals surface area (Å²) in [4.78, 5) is 18.4. The SMILES string of the molecule is CCNC(=NCC1(c2cccc(F)c2)CC1)N1CCCC(CC(N)=O)C1. The number of aliphatic imine (C=N–C) groups is 1. The van der Waals surface area contributed by atoms with Gasteiger partial charge in [-0.1, -0.05) is 12.1 Å². The molecule has 1 saturated heterocycles. The Hall–Kier alpha value is -2.11. The van der Waals surface area contributed by atoms with Crippen molar-refractivity contribution in [3.8, 4) is 0 Å². The van der Waals surface area contributed by atoms with Crippen LogP contribution >= 0.6 is 0 Å². The number of amides is 1. The molecule has 0 aromatic heterocycles. The maximum Gasteiger partial charge on any atom is 0.217 e. The van der Waals surface area contributed by atoms with Crippen LogP contribution in [0.5, 0.6) is 0 Å². The van der Waals surface area contributed by atoms with Crippen LogP contribution in [-0.4, -0.2) is 42.9 Å². The Morgan fingerprint density at radius 3 is 2.92 bits per heavy atom. The predicted molar refractivity (Wildman–Crippen MR) is 101 cm³/mol. The van der Waals surface area contributed by atoms with Crippen molar-refractivity contribution in [3.05, 3.63) is 35.6 Å². The topological polar surface area (TPSA) is 70.7 Å². The van der Waals surface area contributed by atoms with Gasteiger partial charge in [0.1, 0.15) is 5.82 Å². The van der Waals surface area contributed by atoms with Crippen molar-refractivity contribution in [3.63, 3.8) is 0 Å². The number of hydrogen-bond acceptors (Lipinski definition) is 2. The minimum Gasteiger partial charge on any atom is -0.370 e. The van der Waals surface area contributed by atoms with E-state index in [0.717, 1.165) is 56.8 Å². The van der Waals surface area contributed by atoms with E-state index < -0.39 is 0 Å². The molecule has 1 amide bonds. The van der Waals surface area contributed by atoms with E-state index in [4.69, 9.17) is 10.7 Å². The molecule has 1 heterocycles. The Morgan fingerprint density at radius 2 is 2.27 bits per heavy atom. The van der Waals surface area contributed by atoms with Gasteiger partial charge in [0.25, 0.3) is 0 Å². The van der Waals surface area contributed by atoms with Crippen LogP contribution in [0.3, 0.4) is 0 Å². The lowest BCUT2D eigenvalue weighted by Crippen LogP contribution is -2.47. The number of nitrogens with two attached hydrogens (primary N) is 1. The molecule has 142 valence electrons. The van der Waals surface area contributed by atoms with E-state index in [1.807, 2.05) is 6.07 Å². The fraction of sp³-hybridized carbons (Fsp3) is 0.600. The number of carbonyl (C=O) groups is 1. The molecule has 1 unspecified atom stereocenters. The lowest BCUT2D eigenvalue weighted by atomic mass is 9.94. The fourth-order valence-corrected chi connectivity index (χ4v) is 3.87. The van der Waals surface area contributed by atoms with Crippen molar-refractivity contribution >= 4 is 11.9 Å². The number of hydrogen-bond donors (Lipinski definition) is 2. The molecule has 0 radical (unpaired) electrons. The molecule has 6 heteroatoms. The molecule has 1 saturated carbocycles. The van der Waals surface area contributed by atoms with Gasteiger partial charge in [-0.2, -0.15) is 0 Å². The van der Waals surface area contributed by atoms with E-state index in [9.17, 15) is 9.18 Å². The summed E-state index contributed by atoms with van der Waals surface area (Å²) in [5, 5.41) is 3.38. The first-order valence-electron chi connectivity index (χ1n) is 9.60. The summed E-state index contributed by atoms with van der Waals surface area (Å²) in [5.41, 5.74) is 6.39. The third kappa shape index (κ3) is 4.54. The largest absolute Gasteiger partial charge is 0.370 e. The molecule has 1 aromatic carbocycles. The summed E-state index contributed by atoms with van der Waals surface area (Å²) in [6, 6.07) is 6.90. The van der Waals surface area contributed by atoms with Gasteiger partial charge in [0.15, 0.2) is 5.96 Å². The van der Waals surface area contributed by atoms with Crippen LogP contribution in [0.1, 0.15) is 44.6 Å². The van der Waals surface area contributed by atoms with Crippen molar-refractivity contribution in [2.75, 3.05) is 26.2 Å². The van der Waals surface area contributed by atoms with Gasteiger partial charge in [-0.05, 0) is 56.2 Å². The maximum absolute atomic E-state index is 13.6. The first-order chi connectivity index (χ1) is 12.5. The Kier molecular flexibility index (Phi) is 5.79. The van der Waals surface area contributed by atoms with Crippen LogP contribution in [0, 0.1) is 11.7 Å². The third-order valence-electron chi connectivity index (χ3n) is 5.47. The van der Waals surface area contributed by atoms with Crippen LogP contribution in [0.15, 0.2) is 29.3 Å². The molecule has 2 aliphatic rings. The Bertz CT molecular complexity index is 672. The van der Waals surface area contributed by atoms with Gasteiger partial charge in [-0.25, -0.2) is 4.39 Å². The number of carbonyl (C=O) groups excluding carboxylic acids is 1. The summed E-state index contributed by atoms with van der Waals surface area (Å²) >= 11 is 0. The Morgan fingerprint density at radius 1 is 1.46 bits per heavy atom. The number of benzene rings is 1. The Balaban J connectivity index is 1.70. The van der Waals surface area contributed by atoms with E-state index in [1.54, 1.807) is 12.1 Å². The highest BCUT2D eigenvalue weighted by Crippen LogP contribution is 2.48. The number of halogens is 1. The summed E-state index contributed by atoms with van der Waals surface area (Å²) in [7, 11) is 0. The highest BCUT2D eigenvalue weighted by atomic mass is 19.1. The van der Waals surface area contributed by atoms with Gasteiger partial charge in [-0.15, -0.1) is 0 Å². The molecule has 3 rings (SSSR count). The standard InChI is InChI=1S/C20H29FN4O/c1-2-23-19(25-10-4-5-15(13-25)11-18(22)26)24-14-20(8-9-20)16-6-3-7-17(21)12-16/h3,6-7,12,15H,2,4-5,8-11,13-14H2,1H3,(H2,22,26)(H,23,24). The first-order valence-corrected chi connectivity index (χ1v) is 9.60. The molecule has 1 atom stereocenters. The molecule has 1 aliphatic carbocycles. The Labute approximate surface area is 154 Å². The smallest absolute Gasteiger partial charge is 0.217 e. The second-order valence-electron chi connectivity index (χ2n) is 7.59. The zero-order chi connectivity index (χ0) is 18.6. The fourth-order valence-electron chi connectivity index (χ4n) is 3.87. The lowest BCUT2D eigenvalue weighted by Gasteiger charge is -2.35. The van der Waals surface area contributed by atoms with Gasteiger partial charge in [0, 0.05) is 31.5 Å². The van der Waals surface area contributed by atoms with Crippen LogP contribution < -0.4 is 11.1 Å². The molecule has 0 spiro atoms. The van der Waals surface area contributed by atoms with E-state index >= 15 is 0 Å². The van der Waals surface area contributed by atoms with Gasteiger partial charge >= 0.3 is 0 Å². The van der Waals surface area contributed by atoms with Crippen LogP contribution in [0.4, 0.5) is 4.39 Å². The van der Waals surface area contributed by atoms with Gasteiger partial charge in [0.05, 0.1) is 6.54 Å². The van der Waals surface area contributed by atoms with Crippen LogP contribution in [0.25, 0.3) is 0 Å². The molecule has 1 aliphatic heterocycles.